The van der Waals surface area contributed by atoms with Crippen molar-refractivity contribution in [3.63, 3.8) is 0 Å². The summed E-state index contributed by atoms with van der Waals surface area (Å²) >= 11 is 0. The molecule has 4 rings (SSSR count). The van der Waals surface area contributed by atoms with Crippen LogP contribution in [0.5, 0.6) is 5.75 Å². The maximum absolute atomic E-state index is 13.4. The van der Waals surface area contributed by atoms with E-state index < -0.39 is 28.0 Å². The number of ether oxygens (including phenoxy) is 1. The summed E-state index contributed by atoms with van der Waals surface area (Å²) in [7, 11) is -2.54. The summed E-state index contributed by atoms with van der Waals surface area (Å²) in [6.07, 6.45) is -0.531. The zero-order chi connectivity index (χ0) is 30.4. The first kappa shape index (κ1) is 31.1. The number of aliphatic hydroxyl groups is 1. The highest BCUT2D eigenvalue weighted by molar-refractivity contribution is 7.89. The third-order valence-electron chi connectivity index (χ3n) is 7.37. The molecule has 0 aliphatic carbocycles. The molecule has 0 unspecified atom stereocenters. The van der Waals surface area contributed by atoms with Crippen molar-refractivity contribution in [2.75, 3.05) is 32.1 Å². The van der Waals surface area contributed by atoms with E-state index in [1.165, 1.54) is 19.2 Å². The van der Waals surface area contributed by atoms with E-state index in [2.05, 4.69) is 5.32 Å². The zero-order valence-electron chi connectivity index (χ0n) is 23.9. The molecule has 9 nitrogen and oxygen atoms in total. The molecule has 0 saturated heterocycles. The van der Waals surface area contributed by atoms with Crippen molar-refractivity contribution >= 4 is 27.5 Å². The van der Waals surface area contributed by atoms with Gasteiger partial charge < -0.3 is 20.1 Å². The van der Waals surface area contributed by atoms with Crippen LogP contribution >= 0.6 is 0 Å². The zero-order valence-corrected chi connectivity index (χ0v) is 24.7. The summed E-state index contributed by atoms with van der Waals surface area (Å²) in [5, 5.41) is 12.7. The van der Waals surface area contributed by atoms with Gasteiger partial charge in [-0.3, -0.25) is 9.59 Å². The number of amides is 2. The van der Waals surface area contributed by atoms with Gasteiger partial charge >= 0.3 is 0 Å². The molecule has 42 heavy (non-hydrogen) atoms. The van der Waals surface area contributed by atoms with Crippen LogP contribution in [0.4, 0.5) is 10.1 Å². The lowest BCUT2D eigenvalue weighted by molar-refractivity contribution is -0.134. The number of sulfonamides is 1. The lowest BCUT2D eigenvalue weighted by atomic mass is 10.0. The number of halogens is 1. The number of benzene rings is 3. The standard InChI is InChI=1S/C31H36FN3O6S/c1-21-18-35(22(2)20-36)31(38)17-24-16-26(33-30(37)15-23-7-5-4-6-8-23)11-14-28(24)41-29(21)19-34(3)42(39,40)27-12-9-25(32)10-13-27/h4-14,16,21-22,29,36H,15,17-20H2,1-3H3,(H,33,37)/t21-,22-,29-/m1/s1. The fraction of sp³-hybridized carbons (Fsp3) is 0.355. The maximum atomic E-state index is 13.4. The largest absolute Gasteiger partial charge is 0.488 e. The number of nitrogens with zero attached hydrogens (tertiary/aromatic N) is 2. The normalized spacial score (nSPS) is 18.3. The molecule has 3 atom stereocenters. The Morgan fingerprint density at radius 2 is 1.83 bits per heavy atom. The molecule has 224 valence electrons. The summed E-state index contributed by atoms with van der Waals surface area (Å²) in [6, 6.07) is 18.5. The minimum atomic E-state index is -3.96. The molecular formula is C31H36FN3O6S. The second-order valence-corrected chi connectivity index (χ2v) is 12.7. The number of rotatable bonds is 9. The monoisotopic (exact) mass is 597 g/mol. The first-order valence-electron chi connectivity index (χ1n) is 13.7. The molecule has 3 aromatic rings. The summed E-state index contributed by atoms with van der Waals surface area (Å²) in [5.41, 5.74) is 1.88. The van der Waals surface area contributed by atoms with Crippen molar-refractivity contribution in [3.05, 3.63) is 89.7 Å². The van der Waals surface area contributed by atoms with Gasteiger partial charge in [0.2, 0.25) is 21.8 Å². The van der Waals surface area contributed by atoms with E-state index in [1.54, 1.807) is 30.0 Å². The molecule has 2 amide bonds. The van der Waals surface area contributed by atoms with Crippen LogP contribution in [-0.4, -0.2) is 73.4 Å². The molecule has 2 N–H and O–H groups in total. The number of nitrogens with one attached hydrogen (secondary N) is 1. The Balaban J connectivity index is 1.62. The lowest BCUT2D eigenvalue weighted by Crippen LogP contribution is -2.48. The second kappa shape index (κ2) is 13.5. The van der Waals surface area contributed by atoms with Crippen LogP contribution in [-0.2, 0) is 32.5 Å². The Kier molecular flexibility index (Phi) is 9.97. The molecule has 1 aliphatic rings. The highest BCUT2D eigenvalue weighted by Gasteiger charge is 2.33. The quantitative estimate of drug-likeness (QED) is 0.390. The van der Waals surface area contributed by atoms with Gasteiger partial charge in [0.25, 0.3) is 0 Å². The fourth-order valence-corrected chi connectivity index (χ4v) is 6.03. The number of hydrogen-bond acceptors (Lipinski definition) is 6. The van der Waals surface area contributed by atoms with Gasteiger partial charge in [0.15, 0.2) is 0 Å². The average Bonchev–Trinajstić information content (AvgIpc) is 3.00. The molecule has 0 spiro atoms. The van der Waals surface area contributed by atoms with Gasteiger partial charge in [-0.25, -0.2) is 12.8 Å². The molecule has 0 saturated carbocycles. The van der Waals surface area contributed by atoms with Gasteiger partial charge in [-0.05, 0) is 55.0 Å². The van der Waals surface area contributed by atoms with E-state index in [9.17, 15) is 27.5 Å². The van der Waals surface area contributed by atoms with Crippen LogP contribution in [0.1, 0.15) is 25.0 Å². The predicted octanol–water partition coefficient (Wildman–Crippen LogP) is 3.48. The van der Waals surface area contributed by atoms with Gasteiger partial charge in [-0.2, -0.15) is 4.31 Å². The number of hydrogen-bond donors (Lipinski definition) is 2. The second-order valence-electron chi connectivity index (χ2n) is 10.7. The molecule has 0 aromatic heterocycles. The van der Waals surface area contributed by atoms with Crippen LogP contribution in [0, 0.1) is 11.7 Å². The summed E-state index contributed by atoms with van der Waals surface area (Å²) in [5.74, 6) is -0.919. The Labute approximate surface area is 246 Å². The van der Waals surface area contributed by atoms with Crippen LogP contribution < -0.4 is 10.1 Å². The van der Waals surface area contributed by atoms with Crippen molar-refractivity contribution in [1.82, 2.24) is 9.21 Å². The maximum Gasteiger partial charge on any atom is 0.242 e. The van der Waals surface area contributed by atoms with Gasteiger partial charge in [0, 0.05) is 30.8 Å². The van der Waals surface area contributed by atoms with Crippen molar-refractivity contribution in [3.8, 4) is 5.75 Å². The number of carbonyl (C=O) groups is 2. The minimum Gasteiger partial charge on any atom is -0.488 e. The highest BCUT2D eigenvalue weighted by atomic mass is 32.2. The molecule has 1 aliphatic heterocycles. The molecule has 3 aromatic carbocycles. The van der Waals surface area contributed by atoms with Crippen molar-refractivity contribution < 1.29 is 32.2 Å². The van der Waals surface area contributed by atoms with Gasteiger partial charge in [-0.1, -0.05) is 37.3 Å². The van der Waals surface area contributed by atoms with E-state index in [0.717, 1.165) is 22.0 Å². The Hall–Kier alpha value is -3.80. The number of aliphatic hydroxyl groups excluding tert-OH is 1. The SMILES string of the molecule is C[C@@H]1CN([C@H](C)CO)C(=O)Cc2cc(NC(=O)Cc3ccccc3)ccc2O[C@@H]1CN(C)S(=O)(=O)c1ccc(F)cc1. The topological polar surface area (TPSA) is 116 Å². The van der Waals surface area contributed by atoms with Crippen LogP contribution in [0.2, 0.25) is 0 Å². The minimum absolute atomic E-state index is 0.0365. The smallest absolute Gasteiger partial charge is 0.242 e. The first-order chi connectivity index (χ1) is 20.0. The van der Waals surface area contributed by atoms with Crippen molar-refractivity contribution in [2.24, 2.45) is 5.92 Å². The van der Waals surface area contributed by atoms with Crippen molar-refractivity contribution in [2.45, 2.75) is 43.7 Å². The van der Waals surface area contributed by atoms with E-state index >= 15 is 0 Å². The predicted molar refractivity (Wildman–Crippen MR) is 157 cm³/mol. The lowest BCUT2D eigenvalue weighted by Gasteiger charge is -2.33. The third-order valence-corrected chi connectivity index (χ3v) is 9.20. The average molecular weight is 598 g/mol. The highest BCUT2D eigenvalue weighted by Crippen LogP contribution is 2.30. The Bertz CT molecular complexity index is 1500. The molecular weight excluding hydrogens is 561 g/mol. The third kappa shape index (κ3) is 7.53. The van der Waals surface area contributed by atoms with Gasteiger partial charge in [-0.15, -0.1) is 0 Å². The van der Waals surface area contributed by atoms with E-state index in [1.807, 2.05) is 37.3 Å². The van der Waals surface area contributed by atoms with E-state index in [4.69, 9.17) is 4.74 Å². The summed E-state index contributed by atoms with van der Waals surface area (Å²) in [6.45, 7) is 3.53. The van der Waals surface area contributed by atoms with Gasteiger partial charge in [0.05, 0.1) is 36.9 Å². The van der Waals surface area contributed by atoms with E-state index in [-0.39, 0.29) is 55.2 Å². The van der Waals surface area contributed by atoms with Gasteiger partial charge in [0.1, 0.15) is 17.7 Å². The first-order valence-corrected chi connectivity index (χ1v) is 15.2. The number of anilines is 1. The fourth-order valence-electron chi connectivity index (χ4n) is 4.85. The Morgan fingerprint density at radius 1 is 1.14 bits per heavy atom. The van der Waals surface area contributed by atoms with E-state index in [0.29, 0.717) is 17.0 Å². The number of carbonyl (C=O) groups excluding carboxylic acids is 2. The summed E-state index contributed by atoms with van der Waals surface area (Å²) in [4.78, 5) is 27.7. The molecule has 1 heterocycles. The molecule has 11 heteroatoms. The molecule has 0 bridgehead atoms. The molecule has 0 fully saturated rings. The van der Waals surface area contributed by atoms with Crippen LogP contribution in [0.25, 0.3) is 0 Å². The molecule has 0 radical (unpaired) electrons. The van der Waals surface area contributed by atoms with Crippen LogP contribution in [0.15, 0.2) is 77.7 Å². The van der Waals surface area contributed by atoms with Crippen LogP contribution in [0.3, 0.4) is 0 Å². The Morgan fingerprint density at radius 3 is 2.50 bits per heavy atom. The number of likely N-dealkylation sites (N-methyl/N-ethyl adjacent to an activating group) is 1. The summed E-state index contributed by atoms with van der Waals surface area (Å²) < 4.78 is 47.5. The number of fused-ring (bicyclic) bond motifs is 1. The van der Waals surface area contributed by atoms with Crippen molar-refractivity contribution in [1.29, 1.82) is 0 Å².